The van der Waals surface area contributed by atoms with Gasteiger partial charge in [0, 0.05) is 23.7 Å². The average molecular weight is 260 g/mol. The van der Waals surface area contributed by atoms with Crippen molar-refractivity contribution in [3.8, 4) is 5.75 Å². The summed E-state index contributed by atoms with van der Waals surface area (Å²) >= 11 is 1.72. The van der Waals surface area contributed by atoms with Gasteiger partial charge in [-0.2, -0.15) is 0 Å². The number of benzene rings is 1. The maximum absolute atomic E-state index is 5.74. The number of pyridine rings is 1. The number of nitrogens with one attached hydrogen (secondary N) is 1. The lowest BCUT2D eigenvalue weighted by Gasteiger charge is -2.09. The molecule has 0 spiro atoms. The molecule has 2 rings (SSSR count). The van der Waals surface area contributed by atoms with E-state index >= 15 is 0 Å². The van der Waals surface area contributed by atoms with Gasteiger partial charge in [0.15, 0.2) is 0 Å². The minimum atomic E-state index is 0.516. The van der Waals surface area contributed by atoms with Gasteiger partial charge in [0.2, 0.25) is 0 Å². The van der Waals surface area contributed by atoms with Gasteiger partial charge in [-0.1, -0.05) is 6.07 Å². The minimum absolute atomic E-state index is 0.516. The van der Waals surface area contributed by atoms with Gasteiger partial charge in [-0.25, -0.2) is 4.98 Å². The standard InChI is InChI=1S/C14H16N2OS/c1-15-14-11(4-3-9-16-14)10-17-12-5-7-13(18-2)8-6-12/h3-9H,10H2,1-2H3,(H,15,16). The van der Waals surface area contributed by atoms with Gasteiger partial charge in [0.1, 0.15) is 18.2 Å². The Morgan fingerprint density at radius 2 is 2.00 bits per heavy atom. The monoisotopic (exact) mass is 260 g/mol. The molecule has 1 N–H and O–H groups in total. The van der Waals surface area contributed by atoms with Crippen LogP contribution in [0.3, 0.4) is 0 Å². The Morgan fingerprint density at radius 3 is 2.67 bits per heavy atom. The van der Waals surface area contributed by atoms with E-state index < -0.39 is 0 Å². The molecular formula is C14H16N2OS. The lowest BCUT2D eigenvalue weighted by atomic mass is 10.2. The highest BCUT2D eigenvalue weighted by Gasteiger charge is 2.02. The molecule has 0 fully saturated rings. The van der Waals surface area contributed by atoms with Gasteiger partial charge in [0.25, 0.3) is 0 Å². The van der Waals surface area contributed by atoms with Crippen molar-refractivity contribution in [3.63, 3.8) is 0 Å². The fourth-order valence-electron chi connectivity index (χ4n) is 1.61. The van der Waals surface area contributed by atoms with Crippen LogP contribution in [0.4, 0.5) is 5.82 Å². The van der Waals surface area contributed by atoms with E-state index in [1.54, 1.807) is 18.0 Å². The minimum Gasteiger partial charge on any atom is -0.489 e. The van der Waals surface area contributed by atoms with Crippen molar-refractivity contribution in [1.82, 2.24) is 4.98 Å². The second-order valence-electron chi connectivity index (χ2n) is 3.73. The third-order valence-electron chi connectivity index (χ3n) is 2.58. The van der Waals surface area contributed by atoms with E-state index in [0.717, 1.165) is 17.1 Å². The summed E-state index contributed by atoms with van der Waals surface area (Å²) in [7, 11) is 1.86. The number of ether oxygens (including phenoxy) is 1. The van der Waals surface area contributed by atoms with Crippen LogP contribution >= 0.6 is 11.8 Å². The van der Waals surface area contributed by atoms with Crippen molar-refractivity contribution in [1.29, 1.82) is 0 Å². The van der Waals surface area contributed by atoms with E-state index in [0.29, 0.717) is 6.61 Å². The van der Waals surface area contributed by atoms with E-state index in [2.05, 4.69) is 28.7 Å². The van der Waals surface area contributed by atoms with Crippen LogP contribution in [-0.4, -0.2) is 18.3 Å². The maximum Gasteiger partial charge on any atom is 0.132 e. The van der Waals surface area contributed by atoms with Gasteiger partial charge < -0.3 is 10.1 Å². The van der Waals surface area contributed by atoms with E-state index in [9.17, 15) is 0 Å². The summed E-state index contributed by atoms with van der Waals surface area (Å²) in [5, 5.41) is 3.06. The molecule has 3 nitrogen and oxygen atoms in total. The lowest BCUT2D eigenvalue weighted by Crippen LogP contribution is -2.02. The Kier molecular flexibility index (Phi) is 4.47. The SMILES string of the molecule is CNc1ncccc1COc1ccc(SC)cc1. The van der Waals surface area contributed by atoms with Gasteiger partial charge in [-0.05, 0) is 36.6 Å². The first kappa shape index (κ1) is 12.8. The third kappa shape index (κ3) is 3.17. The smallest absolute Gasteiger partial charge is 0.132 e. The number of aromatic nitrogens is 1. The van der Waals surface area contributed by atoms with Gasteiger partial charge in [-0.3, -0.25) is 0 Å². The summed E-state index contributed by atoms with van der Waals surface area (Å²) in [6, 6.07) is 12.0. The summed E-state index contributed by atoms with van der Waals surface area (Å²) in [6.45, 7) is 0.516. The molecule has 0 saturated carbocycles. The van der Waals surface area contributed by atoms with Gasteiger partial charge >= 0.3 is 0 Å². The lowest BCUT2D eigenvalue weighted by molar-refractivity contribution is 0.306. The second-order valence-corrected chi connectivity index (χ2v) is 4.60. The zero-order chi connectivity index (χ0) is 12.8. The first-order chi connectivity index (χ1) is 8.83. The molecule has 0 radical (unpaired) electrons. The van der Waals surface area contributed by atoms with Crippen molar-refractivity contribution in [2.75, 3.05) is 18.6 Å². The molecule has 2 aromatic rings. The van der Waals surface area contributed by atoms with Gasteiger partial charge in [-0.15, -0.1) is 11.8 Å². The molecular weight excluding hydrogens is 244 g/mol. The number of thioether (sulfide) groups is 1. The largest absolute Gasteiger partial charge is 0.489 e. The zero-order valence-corrected chi connectivity index (χ0v) is 11.3. The van der Waals surface area contributed by atoms with Crippen LogP contribution in [0.25, 0.3) is 0 Å². The average Bonchev–Trinajstić information content (AvgIpc) is 2.46. The first-order valence-electron chi connectivity index (χ1n) is 5.72. The molecule has 4 heteroatoms. The number of nitrogens with zero attached hydrogens (tertiary/aromatic N) is 1. The van der Waals surface area contributed by atoms with Crippen molar-refractivity contribution in [2.24, 2.45) is 0 Å². The van der Waals surface area contributed by atoms with Crippen LogP contribution in [0.5, 0.6) is 5.75 Å². The molecule has 0 bridgehead atoms. The Labute approximate surface area is 112 Å². The Balaban J connectivity index is 2.02. The van der Waals surface area contributed by atoms with Crippen LogP contribution in [-0.2, 0) is 6.61 Å². The third-order valence-corrected chi connectivity index (χ3v) is 3.33. The van der Waals surface area contributed by atoms with Crippen LogP contribution in [0.15, 0.2) is 47.5 Å². The fraction of sp³-hybridized carbons (Fsp3) is 0.214. The topological polar surface area (TPSA) is 34.2 Å². The highest BCUT2D eigenvalue weighted by molar-refractivity contribution is 7.98. The van der Waals surface area contributed by atoms with Crippen molar-refractivity contribution < 1.29 is 4.74 Å². The molecule has 1 heterocycles. The molecule has 1 aromatic carbocycles. The fourth-order valence-corrected chi connectivity index (χ4v) is 2.02. The van der Waals surface area contributed by atoms with E-state index in [1.807, 2.05) is 31.3 Å². The van der Waals surface area contributed by atoms with Crippen LogP contribution in [0.2, 0.25) is 0 Å². The number of rotatable bonds is 5. The molecule has 1 aromatic heterocycles. The zero-order valence-electron chi connectivity index (χ0n) is 10.5. The van der Waals surface area contributed by atoms with Gasteiger partial charge in [0.05, 0.1) is 0 Å². The molecule has 0 unspecified atom stereocenters. The molecule has 94 valence electrons. The predicted octanol–water partition coefficient (Wildman–Crippen LogP) is 3.42. The number of hydrogen-bond acceptors (Lipinski definition) is 4. The van der Waals surface area contributed by atoms with Crippen LogP contribution < -0.4 is 10.1 Å². The van der Waals surface area contributed by atoms with E-state index in [4.69, 9.17) is 4.74 Å². The highest BCUT2D eigenvalue weighted by atomic mass is 32.2. The summed E-state index contributed by atoms with van der Waals surface area (Å²) in [5.41, 5.74) is 1.05. The van der Waals surface area contributed by atoms with E-state index in [1.165, 1.54) is 4.90 Å². The Morgan fingerprint density at radius 1 is 1.22 bits per heavy atom. The van der Waals surface area contributed by atoms with Crippen molar-refractivity contribution in [2.45, 2.75) is 11.5 Å². The molecule has 0 aliphatic rings. The van der Waals surface area contributed by atoms with Crippen LogP contribution in [0, 0.1) is 0 Å². The number of anilines is 1. The quantitative estimate of drug-likeness (QED) is 0.835. The first-order valence-corrected chi connectivity index (χ1v) is 6.94. The predicted molar refractivity (Wildman–Crippen MR) is 76.3 cm³/mol. The Hall–Kier alpha value is -1.68. The summed E-state index contributed by atoms with van der Waals surface area (Å²) in [4.78, 5) is 5.48. The molecule has 0 saturated heterocycles. The summed E-state index contributed by atoms with van der Waals surface area (Å²) < 4.78 is 5.74. The Bertz CT molecular complexity index is 499. The molecule has 0 aliphatic carbocycles. The van der Waals surface area contributed by atoms with E-state index in [-0.39, 0.29) is 0 Å². The summed E-state index contributed by atoms with van der Waals surface area (Å²) in [6.07, 6.45) is 3.83. The highest BCUT2D eigenvalue weighted by Crippen LogP contribution is 2.20. The summed E-state index contributed by atoms with van der Waals surface area (Å²) in [5.74, 6) is 1.73. The van der Waals surface area contributed by atoms with Crippen molar-refractivity contribution >= 4 is 17.6 Å². The maximum atomic E-state index is 5.74. The van der Waals surface area contributed by atoms with Crippen LogP contribution in [0.1, 0.15) is 5.56 Å². The number of hydrogen-bond donors (Lipinski definition) is 1. The molecule has 0 aliphatic heterocycles. The molecule has 0 atom stereocenters. The second kappa shape index (κ2) is 6.31. The molecule has 18 heavy (non-hydrogen) atoms. The normalized spacial score (nSPS) is 10.1. The molecule has 0 amide bonds. The van der Waals surface area contributed by atoms with Crippen molar-refractivity contribution in [3.05, 3.63) is 48.2 Å².